The third-order valence-corrected chi connectivity index (χ3v) is 2.80. The van der Waals surface area contributed by atoms with Crippen LogP contribution in [0.2, 0.25) is 0 Å². The van der Waals surface area contributed by atoms with Gasteiger partial charge in [-0.2, -0.15) is 5.10 Å². The number of nitrogens with two attached hydrogens (primary N) is 1. The smallest absolute Gasteiger partial charge is 0.332 e. The Morgan fingerprint density at radius 1 is 1.10 bits per heavy atom. The number of carbonyl (C=O) groups excluding carboxylic acids is 1. The van der Waals surface area contributed by atoms with Gasteiger partial charge in [0.25, 0.3) is 0 Å². The zero-order valence-corrected chi connectivity index (χ0v) is 11.7. The molecule has 0 saturated carbocycles. The van der Waals surface area contributed by atoms with Crippen LogP contribution < -0.4 is 15.9 Å². The number of carbonyl (C=O) groups is 1. The molecule has 0 unspecified atom stereocenters. The van der Waals surface area contributed by atoms with E-state index in [-0.39, 0.29) is 0 Å². The normalized spacial score (nSPS) is 11.0. The minimum atomic E-state index is -0.676. The molecule has 0 fully saturated rings. The second kappa shape index (κ2) is 7.09. The molecule has 0 atom stereocenters. The molecule has 0 aromatic heterocycles. The number of nitrogens with one attached hydrogen (secondary N) is 1. The fourth-order valence-corrected chi connectivity index (χ4v) is 1.81. The SMILES string of the molecule is CC/C(=N/NC(N)=O)c1ccc(Oc2ccccc2)cc1. The number of benzene rings is 2. The molecular weight excluding hydrogens is 266 g/mol. The van der Waals surface area contributed by atoms with Crippen molar-refractivity contribution in [3.8, 4) is 11.5 Å². The average Bonchev–Trinajstić information content (AvgIpc) is 2.50. The molecule has 0 aliphatic heterocycles. The van der Waals surface area contributed by atoms with Crippen LogP contribution in [-0.4, -0.2) is 11.7 Å². The molecule has 0 bridgehead atoms. The molecule has 0 spiro atoms. The summed E-state index contributed by atoms with van der Waals surface area (Å²) in [4.78, 5) is 10.7. The van der Waals surface area contributed by atoms with Crippen molar-refractivity contribution in [2.45, 2.75) is 13.3 Å². The number of amides is 2. The van der Waals surface area contributed by atoms with Crippen LogP contribution in [-0.2, 0) is 0 Å². The highest BCUT2D eigenvalue weighted by molar-refractivity contribution is 6.00. The number of para-hydroxylation sites is 1. The maximum Gasteiger partial charge on any atom is 0.332 e. The maximum atomic E-state index is 10.7. The Labute approximate surface area is 123 Å². The quantitative estimate of drug-likeness (QED) is 0.652. The summed E-state index contributed by atoms with van der Waals surface area (Å²) in [5, 5.41) is 3.98. The van der Waals surface area contributed by atoms with Crippen molar-refractivity contribution in [3.63, 3.8) is 0 Å². The summed E-state index contributed by atoms with van der Waals surface area (Å²) in [7, 11) is 0. The molecule has 0 heterocycles. The van der Waals surface area contributed by atoms with E-state index in [1.165, 1.54) is 0 Å². The summed E-state index contributed by atoms with van der Waals surface area (Å²) in [5.41, 5.74) is 8.91. The highest BCUT2D eigenvalue weighted by Crippen LogP contribution is 2.21. The van der Waals surface area contributed by atoms with Crippen molar-refractivity contribution < 1.29 is 9.53 Å². The third-order valence-electron chi connectivity index (χ3n) is 2.80. The molecule has 5 nitrogen and oxygen atoms in total. The van der Waals surface area contributed by atoms with Gasteiger partial charge in [0.15, 0.2) is 0 Å². The van der Waals surface area contributed by atoms with Gasteiger partial charge < -0.3 is 10.5 Å². The highest BCUT2D eigenvalue weighted by Gasteiger charge is 2.03. The lowest BCUT2D eigenvalue weighted by molar-refractivity contribution is 0.249. The Morgan fingerprint density at radius 3 is 2.29 bits per heavy atom. The zero-order valence-electron chi connectivity index (χ0n) is 11.7. The van der Waals surface area contributed by atoms with Crippen molar-refractivity contribution in [3.05, 3.63) is 60.2 Å². The Hall–Kier alpha value is -2.82. The van der Waals surface area contributed by atoms with Gasteiger partial charge in [-0.05, 0) is 48.4 Å². The van der Waals surface area contributed by atoms with Crippen LogP contribution in [0.4, 0.5) is 4.79 Å². The first-order valence-corrected chi connectivity index (χ1v) is 6.64. The second-order valence-corrected chi connectivity index (χ2v) is 4.33. The molecule has 21 heavy (non-hydrogen) atoms. The second-order valence-electron chi connectivity index (χ2n) is 4.33. The van der Waals surface area contributed by atoms with Crippen LogP contribution in [0, 0.1) is 0 Å². The summed E-state index contributed by atoms with van der Waals surface area (Å²) in [5.74, 6) is 1.52. The molecule has 0 radical (unpaired) electrons. The van der Waals surface area contributed by atoms with Crippen molar-refractivity contribution in [1.29, 1.82) is 0 Å². The van der Waals surface area contributed by atoms with Gasteiger partial charge >= 0.3 is 6.03 Å². The predicted molar refractivity (Wildman–Crippen MR) is 82.5 cm³/mol. The number of hydrazone groups is 1. The van der Waals surface area contributed by atoms with E-state index in [1.807, 2.05) is 61.5 Å². The van der Waals surface area contributed by atoms with Crippen molar-refractivity contribution >= 4 is 11.7 Å². The molecule has 0 saturated heterocycles. The van der Waals surface area contributed by atoms with E-state index in [1.54, 1.807) is 0 Å². The predicted octanol–water partition coefficient (Wildman–Crippen LogP) is 3.26. The Bertz CT molecular complexity index is 622. The van der Waals surface area contributed by atoms with Crippen LogP contribution in [0.25, 0.3) is 0 Å². The molecule has 2 amide bonds. The topological polar surface area (TPSA) is 76.7 Å². The standard InChI is InChI=1S/C16H17N3O2/c1-2-15(18-19-16(17)20)12-8-10-14(11-9-12)21-13-6-4-3-5-7-13/h3-11H,2H2,1H3,(H3,17,19,20)/b18-15-. The molecule has 0 aliphatic carbocycles. The van der Waals surface area contributed by atoms with Gasteiger partial charge in [-0.1, -0.05) is 25.1 Å². The number of nitrogens with zero attached hydrogens (tertiary/aromatic N) is 1. The van der Waals surface area contributed by atoms with Gasteiger partial charge in [0.1, 0.15) is 11.5 Å². The number of rotatable bonds is 5. The lowest BCUT2D eigenvalue weighted by Gasteiger charge is -2.07. The van der Waals surface area contributed by atoms with E-state index in [2.05, 4.69) is 10.5 Å². The maximum absolute atomic E-state index is 10.7. The van der Waals surface area contributed by atoms with Crippen LogP contribution in [0.15, 0.2) is 59.7 Å². The van der Waals surface area contributed by atoms with Gasteiger partial charge in [0, 0.05) is 0 Å². The minimum absolute atomic E-state index is 0.676. The largest absolute Gasteiger partial charge is 0.457 e. The van der Waals surface area contributed by atoms with E-state index in [0.717, 1.165) is 22.8 Å². The monoisotopic (exact) mass is 283 g/mol. The number of urea groups is 1. The Balaban J connectivity index is 2.10. The lowest BCUT2D eigenvalue weighted by atomic mass is 10.1. The number of hydrogen-bond acceptors (Lipinski definition) is 3. The van der Waals surface area contributed by atoms with Crippen LogP contribution in [0.3, 0.4) is 0 Å². The number of ether oxygens (including phenoxy) is 1. The molecule has 0 aliphatic rings. The molecular formula is C16H17N3O2. The fraction of sp³-hybridized carbons (Fsp3) is 0.125. The summed E-state index contributed by atoms with van der Waals surface area (Å²) < 4.78 is 5.72. The Morgan fingerprint density at radius 2 is 1.71 bits per heavy atom. The highest BCUT2D eigenvalue weighted by atomic mass is 16.5. The van der Waals surface area contributed by atoms with Crippen molar-refractivity contribution in [1.82, 2.24) is 5.43 Å². The molecule has 2 aromatic carbocycles. The summed E-state index contributed by atoms with van der Waals surface area (Å²) in [6.07, 6.45) is 0.680. The molecule has 3 N–H and O–H groups in total. The average molecular weight is 283 g/mol. The number of hydrogen-bond donors (Lipinski definition) is 2. The first-order valence-electron chi connectivity index (χ1n) is 6.64. The van der Waals surface area contributed by atoms with E-state index in [0.29, 0.717) is 6.42 Å². The lowest BCUT2D eigenvalue weighted by Crippen LogP contribution is -2.25. The van der Waals surface area contributed by atoms with Gasteiger partial charge in [0.05, 0.1) is 5.71 Å². The first kappa shape index (κ1) is 14.6. The minimum Gasteiger partial charge on any atom is -0.457 e. The van der Waals surface area contributed by atoms with Gasteiger partial charge in [-0.3, -0.25) is 0 Å². The van der Waals surface area contributed by atoms with Crippen LogP contribution >= 0.6 is 0 Å². The first-order chi connectivity index (χ1) is 10.2. The number of primary amides is 1. The van der Waals surface area contributed by atoms with E-state index >= 15 is 0 Å². The summed E-state index contributed by atoms with van der Waals surface area (Å²) in [6, 6.07) is 16.4. The van der Waals surface area contributed by atoms with Crippen molar-refractivity contribution in [2.75, 3.05) is 0 Å². The van der Waals surface area contributed by atoms with Gasteiger partial charge in [0.2, 0.25) is 0 Å². The molecule has 5 heteroatoms. The Kier molecular flexibility index (Phi) is 4.93. The zero-order chi connectivity index (χ0) is 15.1. The van der Waals surface area contributed by atoms with Gasteiger partial charge in [-0.25, -0.2) is 10.2 Å². The molecule has 2 rings (SSSR count). The van der Waals surface area contributed by atoms with Crippen LogP contribution in [0.5, 0.6) is 11.5 Å². The van der Waals surface area contributed by atoms with E-state index in [9.17, 15) is 4.79 Å². The van der Waals surface area contributed by atoms with E-state index in [4.69, 9.17) is 10.5 Å². The van der Waals surface area contributed by atoms with Crippen molar-refractivity contribution in [2.24, 2.45) is 10.8 Å². The van der Waals surface area contributed by atoms with E-state index < -0.39 is 6.03 Å². The summed E-state index contributed by atoms with van der Waals surface area (Å²) >= 11 is 0. The fourth-order valence-electron chi connectivity index (χ4n) is 1.81. The third kappa shape index (κ3) is 4.35. The summed E-state index contributed by atoms with van der Waals surface area (Å²) in [6.45, 7) is 1.95. The van der Waals surface area contributed by atoms with Crippen LogP contribution in [0.1, 0.15) is 18.9 Å². The molecule has 108 valence electrons. The van der Waals surface area contributed by atoms with Gasteiger partial charge in [-0.15, -0.1) is 0 Å². The molecule has 2 aromatic rings.